The Kier molecular flexibility index (Phi) is 5.02. The molecule has 9 heteroatoms. The van der Waals surface area contributed by atoms with Crippen LogP contribution in [0.15, 0.2) is 28.0 Å². The molecule has 2 aromatic heterocycles. The first-order valence-corrected chi connectivity index (χ1v) is 6.83. The summed E-state index contributed by atoms with van der Waals surface area (Å²) < 4.78 is 11.3. The Labute approximate surface area is 119 Å². The average Bonchev–Trinajstić information content (AvgIpc) is 3.06. The van der Waals surface area contributed by atoms with Gasteiger partial charge in [-0.2, -0.15) is 0 Å². The highest BCUT2D eigenvalue weighted by Crippen LogP contribution is 2.21. The summed E-state index contributed by atoms with van der Waals surface area (Å²) >= 11 is 1.20. The Morgan fingerprint density at radius 2 is 2.45 bits per heavy atom. The second kappa shape index (κ2) is 6.96. The van der Waals surface area contributed by atoms with Crippen molar-refractivity contribution in [3.05, 3.63) is 18.4 Å². The molecule has 8 nitrogen and oxygen atoms in total. The molecule has 3 N–H and O–H groups in total. The van der Waals surface area contributed by atoms with Gasteiger partial charge in [0, 0.05) is 13.7 Å². The van der Waals surface area contributed by atoms with E-state index in [4.69, 9.17) is 15.0 Å². The molecule has 2 heterocycles. The largest absolute Gasteiger partial charge is 0.461 e. The fraction of sp³-hybridized carbons (Fsp3) is 0.364. The highest BCUT2D eigenvalue weighted by molar-refractivity contribution is 7.99. The van der Waals surface area contributed by atoms with E-state index < -0.39 is 0 Å². The number of hydrogen-bond donors (Lipinski definition) is 2. The number of methoxy groups -OCH3 is 1. The lowest BCUT2D eigenvalue weighted by Gasteiger charge is -2.04. The molecule has 0 unspecified atom stereocenters. The third-order valence-electron chi connectivity index (χ3n) is 2.37. The predicted octanol–water partition coefficient (Wildman–Crippen LogP) is 0.107. The lowest BCUT2D eigenvalue weighted by atomic mass is 10.4. The van der Waals surface area contributed by atoms with Gasteiger partial charge in [-0.05, 0) is 12.1 Å². The number of carbonyl (C=O) groups excluding carboxylic acids is 1. The molecule has 0 aromatic carbocycles. The van der Waals surface area contributed by atoms with E-state index in [9.17, 15) is 4.79 Å². The number of nitrogen functional groups attached to an aromatic ring is 1. The number of nitrogens with two attached hydrogens (primary N) is 1. The van der Waals surface area contributed by atoms with Gasteiger partial charge in [-0.15, -0.1) is 10.2 Å². The SMILES string of the molecule is COCCNC(=O)CSc1nnc(-c2ccco2)n1N. The molecule has 0 saturated heterocycles. The molecule has 108 valence electrons. The summed E-state index contributed by atoms with van der Waals surface area (Å²) in [6, 6.07) is 3.47. The Hall–Kier alpha value is -2.00. The average molecular weight is 297 g/mol. The van der Waals surface area contributed by atoms with Crippen LogP contribution in [-0.2, 0) is 9.53 Å². The normalized spacial score (nSPS) is 10.7. The number of nitrogens with zero attached hydrogens (tertiary/aromatic N) is 3. The lowest BCUT2D eigenvalue weighted by Crippen LogP contribution is -2.28. The summed E-state index contributed by atoms with van der Waals surface area (Å²) in [6.07, 6.45) is 1.53. The molecule has 2 aromatic rings. The van der Waals surface area contributed by atoms with E-state index in [-0.39, 0.29) is 11.7 Å². The first kappa shape index (κ1) is 14.4. The second-order valence-corrected chi connectivity index (χ2v) is 4.73. The first-order valence-electron chi connectivity index (χ1n) is 5.85. The van der Waals surface area contributed by atoms with Crippen molar-refractivity contribution < 1.29 is 13.9 Å². The molecular weight excluding hydrogens is 282 g/mol. The van der Waals surface area contributed by atoms with Gasteiger partial charge in [0.25, 0.3) is 0 Å². The molecule has 0 radical (unpaired) electrons. The number of carbonyl (C=O) groups is 1. The number of amides is 1. The zero-order chi connectivity index (χ0) is 14.4. The van der Waals surface area contributed by atoms with Gasteiger partial charge in [-0.1, -0.05) is 11.8 Å². The number of aromatic nitrogens is 3. The Morgan fingerprint density at radius 3 is 3.15 bits per heavy atom. The van der Waals surface area contributed by atoms with Crippen LogP contribution in [0.5, 0.6) is 0 Å². The number of thioether (sulfide) groups is 1. The molecule has 0 aliphatic heterocycles. The van der Waals surface area contributed by atoms with Gasteiger partial charge >= 0.3 is 0 Å². The molecule has 0 aliphatic carbocycles. The van der Waals surface area contributed by atoms with E-state index in [1.54, 1.807) is 19.2 Å². The summed E-state index contributed by atoms with van der Waals surface area (Å²) in [5, 5.41) is 11.0. The van der Waals surface area contributed by atoms with Crippen molar-refractivity contribution in [2.75, 3.05) is 31.9 Å². The maximum atomic E-state index is 11.5. The topological polar surface area (TPSA) is 108 Å². The van der Waals surface area contributed by atoms with Crippen LogP contribution >= 0.6 is 11.8 Å². The molecule has 0 aliphatic rings. The van der Waals surface area contributed by atoms with Crippen LogP contribution in [0.4, 0.5) is 0 Å². The maximum absolute atomic E-state index is 11.5. The number of nitrogens with one attached hydrogen (secondary N) is 1. The van der Waals surface area contributed by atoms with E-state index in [1.165, 1.54) is 22.7 Å². The van der Waals surface area contributed by atoms with Crippen LogP contribution in [0, 0.1) is 0 Å². The third-order valence-corrected chi connectivity index (χ3v) is 3.31. The standard InChI is InChI=1S/C11H15N5O3S/c1-18-6-4-13-9(17)7-20-11-15-14-10(16(11)12)8-3-2-5-19-8/h2-3,5H,4,6-7,12H2,1H3,(H,13,17). The van der Waals surface area contributed by atoms with Crippen LogP contribution in [0.2, 0.25) is 0 Å². The minimum absolute atomic E-state index is 0.116. The minimum atomic E-state index is -0.116. The van der Waals surface area contributed by atoms with Crippen LogP contribution < -0.4 is 11.2 Å². The molecular formula is C11H15N5O3S. The van der Waals surface area contributed by atoms with E-state index >= 15 is 0 Å². The summed E-state index contributed by atoms with van der Waals surface area (Å²) in [4.78, 5) is 11.5. The van der Waals surface area contributed by atoms with Gasteiger partial charge in [-0.25, -0.2) is 4.68 Å². The molecule has 20 heavy (non-hydrogen) atoms. The lowest BCUT2D eigenvalue weighted by molar-refractivity contribution is -0.118. The Balaban J connectivity index is 1.89. The van der Waals surface area contributed by atoms with Gasteiger partial charge in [0.2, 0.25) is 16.9 Å². The van der Waals surface area contributed by atoms with Crippen molar-refractivity contribution >= 4 is 17.7 Å². The molecule has 1 amide bonds. The monoisotopic (exact) mass is 297 g/mol. The van der Waals surface area contributed by atoms with Crippen LogP contribution in [0.1, 0.15) is 0 Å². The van der Waals surface area contributed by atoms with E-state index in [0.717, 1.165) is 0 Å². The molecule has 0 fully saturated rings. The van der Waals surface area contributed by atoms with Crippen molar-refractivity contribution in [1.82, 2.24) is 20.2 Å². The molecule has 0 bridgehead atoms. The first-order chi connectivity index (χ1) is 9.72. The summed E-state index contributed by atoms with van der Waals surface area (Å²) in [7, 11) is 1.58. The number of hydrogen-bond acceptors (Lipinski definition) is 7. The summed E-state index contributed by atoms with van der Waals surface area (Å²) in [5.41, 5.74) is 0. The number of furan rings is 1. The molecule has 0 saturated carbocycles. The molecule has 0 spiro atoms. The number of ether oxygens (including phenoxy) is 1. The van der Waals surface area contributed by atoms with E-state index in [2.05, 4.69) is 15.5 Å². The van der Waals surface area contributed by atoms with E-state index in [0.29, 0.717) is 29.9 Å². The second-order valence-electron chi connectivity index (χ2n) is 3.78. The van der Waals surface area contributed by atoms with Gasteiger partial charge in [-0.3, -0.25) is 4.79 Å². The van der Waals surface area contributed by atoms with Crippen LogP contribution in [0.25, 0.3) is 11.6 Å². The summed E-state index contributed by atoms with van der Waals surface area (Å²) in [5.74, 6) is 6.89. The smallest absolute Gasteiger partial charge is 0.230 e. The quantitative estimate of drug-likeness (QED) is 0.424. The highest BCUT2D eigenvalue weighted by atomic mass is 32.2. The van der Waals surface area contributed by atoms with Crippen molar-refractivity contribution in [1.29, 1.82) is 0 Å². The zero-order valence-corrected chi connectivity index (χ0v) is 11.7. The van der Waals surface area contributed by atoms with Crippen molar-refractivity contribution in [3.8, 4) is 11.6 Å². The molecule has 2 rings (SSSR count). The van der Waals surface area contributed by atoms with Crippen molar-refractivity contribution in [2.24, 2.45) is 0 Å². The van der Waals surface area contributed by atoms with Crippen LogP contribution in [0.3, 0.4) is 0 Å². The number of rotatable bonds is 7. The predicted molar refractivity (Wildman–Crippen MR) is 73.5 cm³/mol. The minimum Gasteiger partial charge on any atom is -0.461 e. The summed E-state index contributed by atoms with van der Waals surface area (Å²) in [6.45, 7) is 0.953. The Bertz CT molecular complexity index is 554. The van der Waals surface area contributed by atoms with Gasteiger partial charge in [0.1, 0.15) is 0 Å². The van der Waals surface area contributed by atoms with Crippen molar-refractivity contribution in [2.45, 2.75) is 5.16 Å². The third kappa shape index (κ3) is 3.52. The van der Waals surface area contributed by atoms with Gasteiger partial charge in [0.15, 0.2) is 5.76 Å². The van der Waals surface area contributed by atoms with Gasteiger partial charge < -0.3 is 20.3 Å². The highest BCUT2D eigenvalue weighted by Gasteiger charge is 2.15. The molecule has 0 atom stereocenters. The van der Waals surface area contributed by atoms with Crippen LogP contribution in [-0.4, -0.2) is 46.8 Å². The maximum Gasteiger partial charge on any atom is 0.230 e. The fourth-order valence-electron chi connectivity index (χ4n) is 1.42. The Morgan fingerprint density at radius 1 is 1.60 bits per heavy atom. The zero-order valence-electron chi connectivity index (χ0n) is 10.9. The van der Waals surface area contributed by atoms with Crippen molar-refractivity contribution in [3.63, 3.8) is 0 Å². The fourth-order valence-corrected chi connectivity index (χ4v) is 2.11. The van der Waals surface area contributed by atoms with Gasteiger partial charge in [0.05, 0.1) is 18.6 Å². The van der Waals surface area contributed by atoms with E-state index in [1.807, 2.05) is 0 Å².